The fourth-order valence-electron chi connectivity index (χ4n) is 1.71. The van der Waals surface area contributed by atoms with Crippen molar-refractivity contribution in [3.8, 4) is 0 Å². The van der Waals surface area contributed by atoms with Crippen LogP contribution in [0.4, 0.5) is 5.82 Å². The van der Waals surface area contributed by atoms with E-state index in [-0.39, 0.29) is 0 Å². The van der Waals surface area contributed by atoms with Crippen molar-refractivity contribution >= 4 is 23.0 Å². The second kappa shape index (κ2) is 4.78. The molecular formula is C12H17N3S. The fourth-order valence-corrected chi connectivity index (χ4v) is 1.83. The Morgan fingerprint density at radius 3 is 2.94 bits per heavy atom. The molecule has 0 bridgehead atoms. The van der Waals surface area contributed by atoms with Gasteiger partial charge in [0, 0.05) is 17.8 Å². The highest BCUT2D eigenvalue weighted by Gasteiger charge is 2.20. The van der Waals surface area contributed by atoms with Gasteiger partial charge in [-0.05, 0) is 31.4 Å². The van der Waals surface area contributed by atoms with Gasteiger partial charge in [-0.1, -0.05) is 25.1 Å². The first kappa shape index (κ1) is 11.3. The lowest BCUT2D eigenvalue weighted by atomic mass is 10.2. The minimum absolute atomic E-state index is 0.427. The first-order chi connectivity index (χ1) is 7.65. The summed E-state index contributed by atoms with van der Waals surface area (Å²) in [6, 6.07) is 3.83. The SMILES string of the molecule is Cc1cc(C(N)=S)cc(NCCC2CC2)n1. The summed E-state index contributed by atoms with van der Waals surface area (Å²) in [5.74, 6) is 1.82. The Bertz CT molecular complexity index is 399. The van der Waals surface area contributed by atoms with E-state index in [1.54, 1.807) is 0 Å². The summed E-state index contributed by atoms with van der Waals surface area (Å²) in [6.07, 6.45) is 4.01. The van der Waals surface area contributed by atoms with Gasteiger partial charge in [-0.25, -0.2) is 4.98 Å². The number of nitrogens with one attached hydrogen (secondary N) is 1. The molecule has 0 saturated heterocycles. The number of nitrogens with zero attached hydrogens (tertiary/aromatic N) is 1. The Labute approximate surface area is 101 Å². The number of hydrogen-bond acceptors (Lipinski definition) is 3. The van der Waals surface area contributed by atoms with Gasteiger partial charge < -0.3 is 11.1 Å². The maximum absolute atomic E-state index is 5.61. The molecular weight excluding hydrogens is 218 g/mol. The van der Waals surface area contributed by atoms with Gasteiger partial charge in [-0.15, -0.1) is 0 Å². The van der Waals surface area contributed by atoms with Crippen LogP contribution in [0.3, 0.4) is 0 Å². The molecule has 1 saturated carbocycles. The molecule has 0 aliphatic heterocycles. The molecule has 3 nitrogen and oxygen atoms in total. The smallest absolute Gasteiger partial charge is 0.126 e. The van der Waals surface area contributed by atoms with Crippen LogP contribution in [0.2, 0.25) is 0 Å². The van der Waals surface area contributed by atoms with E-state index in [0.717, 1.165) is 29.5 Å². The van der Waals surface area contributed by atoms with Crippen LogP contribution >= 0.6 is 12.2 Å². The zero-order valence-corrected chi connectivity index (χ0v) is 10.3. The molecule has 0 atom stereocenters. The molecule has 1 aromatic heterocycles. The normalized spacial score (nSPS) is 14.8. The molecule has 1 fully saturated rings. The van der Waals surface area contributed by atoms with Gasteiger partial charge >= 0.3 is 0 Å². The number of hydrogen-bond donors (Lipinski definition) is 2. The fraction of sp³-hybridized carbons (Fsp3) is 0.500. The Balaban J connectivity index is 1.98. The van der Waals surface area contributed by atoms with E-state index in [9.17, 15) is 0 Å². The predicted octanol–water partition coefficient (Wildman–Crippen LogP) is 2.24. The summed E-state index contributed by atoms with van der Waals surface area (Å²) in [7, 11) is 0. The van der Waals surface area contributed by atoms with E-state index in [2.05, 4.69) is 10.3 Å². The van der Waals surface area contributed by atoms with Crippen molar-refractivity contribution in [1.82, 2.24) is 4.98 Å². The highest BCUT2D eigenvalue weighted by Crippen LogP contribution is 2.32. The van der Waals surface area contributed by atoms with Gasteiger partial charge in [0.1, 0.15) is 10.8 Å². The largest absolute Gasteiger partial charge is 0.389 e. The van der Waals surface area contributed by atoms with Crippen LogP contribution in [0.5, 0.6) is 0 Å². The molecule has 1 aliphatic carbocycles. The van der Waals surface area contributed by atoms with Crippen molar-refractivity contribution in [2.24, 2.45) is 11.7 Å². The summed E-state index contributed by atoms with van der Waals surface area (Å²) in [6.45, 7) is 2.94. The van der Waals surface area contributed by atoms with Crippen LogP contribution in [0.1, 0.15) is 30.5 Å². The van der Waals surface area contributed by atoms with Crippen LogP contribution < -0.4 is 11.1 Å². The van der Waals surface area contributed by atoms with Crippen LogP contribution in [-0.4, -0.2) is 16.5 Å². The summed E-state index contributed by atoms with van der Waals surface area (Å²) >= 11 is 4.97. The second-order valence-corrected chi connectivity index (χ2v) is 4.85. The third-order valence-electron chi connectivity index (χ3n) is 2.79. The molecule has 0 aromatic carbocycles. The molecule has 1 heterocycles. The molecule has 1 aromatic rings. The third-order valence-corrected chi connectivity index (χ3v) is 3.03. The van der Waals surface area contributed by atoms with Gasteiger partial charge in [0.25, 0.3) is 0 Å². The van der Waals surface area contributed by atoms with E-state index in [1.807, 2.05) is 19.1 Å². The van der Waals surface area contributed by atoms with Gasteiger partial charge in [-0.3, -0.25) is 0 Å². The monoisotopic (exact) mass is 235 g/mol. The summed E-state index contributed by atoms with van der Waals surface area (Å²) < 4.78 is 0. The first-order valence-electron chi connectivity index (χ1n) is 5.67. The molecule has 3 N–H and O–H groups in total. The molecule has 4 heteroatoms. The van der Waals surface area contributed by atoms with Gasteiger partial charge in [0.15, 0.2) is 0 Å². The van der Waals surface area contributed by atoms with Crippen molar-refractivity contribution in [3.05, 3.63) is 23.4 Å². The first-order valence-corrected chi connectivity index (χ1v) is 6.08. The third kappa shape index (κ3) is 3.17. The Morgan fingerprint density at radius 1 is 1.56 bits per heavy atom. The number of nitrogens with two attached hydrogens (primary N) is 1. The standard InChI is InChI=1S/C12H17N3S/c1-8-6-10(12(13)16)7-11(15-8)14-5-4-9-2-3-9/h6-7,9H,2-5H2,1H3,(H2,13,16)(H,14,15). The highest BCUT2D eigenvalue weighted by molar-refractivity contribution is 7.80. The van der Waals surface area contributed by atoms with Crippen LogP contribution in [0.15, 0.2) is 12.1 Å². The molecule has 0 unspecified atom stereocenters. The van der Waals surface area contributed by atoms with E-state index in [1.165, 1.54) is 19.3 Å². The van der Waals surface area contributed by atoms with Gasteiger partial charge in [0.2, 0.25) is 0 Å². The maximum atomic E-state index is 5.61. The summed E-state index contributed by atoms with van der Waals surface area (Å²) in [4.78, 5) is 4.83. The minimum atomic E-state index is 0.427. The number of aromatic nitrogens is 1. The zero-order chi connectivity index (χ0) is 11.5. The van der Waals surface area contributed by atoms with Crippen molar-refractivity contribution in [2.75, 3.05) is 11.9 Å². The summed E-state index contributed by atoms with van der Waals surface area (Å²) in [5, 5.41) is 3.33. The average Bonchev–Trinajstić information content (AvgIpc) is 3.01. The molecule has 0 radical (unpaired) electrons. The molecule has 0 amide bonds. The highest BCUT2D eigenvalue weighted by atomic mass is 32.1. The van der Waals surface area contributed by atoms with Crippen LogP contribution in [0, 0.1) is 12.8 Å². The van der Waals surface area contributed by atoms with E-state index < -0.39 is 0 Å². The summed E-state index contributed by atoms with van der Waals surface area (Å²) in [5.41, 5.74) is 7.44. The lowest BCUT2D eigenvalue weighted by molar-refractivity contribution is 0.758. The number of rotatable bonds is 5. The molecule has 1 aliphatic rings. The maximum Gasteiger partial charge on any atom is 0.126 e. The van der Waals surface area contributed by atoms with E-state index in [0.29, 0.717) is 4.99 Å². The molecule has 0 spiro atoms. The number of anilines is 1. The molecule has 2 rings (SSSR count). The molecule has 16 heavy (non-hydrogen) atoms. The topological polar surface area (TPSA) is 50.9 Å². The molecule has 86 valence electrons. The number of pyridine rings is 1. The average molecular weight is 235 g/mol. The van der Waals surface area contributed by atoms with Crippen molar-refractivity contribution in [3.63, 3.8) is 0 Å². The number of aryl methyl sites for hydroxylation is 1. The second-order valence-electron chi connectivity index (χ2n) is 4.41. The Kier molecular flexibility index (Phi) is 3.39. The lowest BCUT2D eigenvalue weighted by Gasteiger charge is -2.08. The Hall–Kier alpha value is -1.16. The van der Waals surface area contributed by atoms with Crippen molar-refractivity contribution in [1.29, 1.82) is 0 Å². The van der Waals surface area contributed by atoms with Crippen LogP contribution in [0.25, 0.3) is 0 Å². The van der Waals surface area contributed by atoms with E-state index >= 15 is 0 Å². The van der Waals surface area contributed by atoms with Crippen molar-refractivity contribution < 1.29 is 0 Å². The lowest BCUT2D eigenvalue weighted by Crippen LogP contribution is -2.12. The van der Waals surface area contributed by atoms with Crippen molar-refractivity contribution in [2.45, 2.75) is 26.2 Å². The predicted molar refractivity (Wildman–Crippen MR) is 70.7 cm³/mol. The zero-order valence-electron chi connectivity index (χ0n) is 9.49. The number of thiocarbonyl (C=S) groups is 1. The van der Waals surface area contributed by atoms with Gasteiger partial charge in [0.05, 0.1) is 0 Å². The Morgan fingerprint density at radius 2 is 2.31 bits per heavy atom. The van der Waals surface area contributed by atoms with Crippen LogP contribution in [-0.2, 0) is 0 Å². The minimum Gasteiger partial charge on any atom is -0.389 e. The quantitative estimate of drug-likeness (QED) is 0.768. The van der Waals surface area contributed by atoms with E-state index in [4.69, 9.17) is 18.0 Å². The van der Waals surface area contributed by atoms with Gasteiger partial charge in [-0.2, -0.15) is 0 Å².